The van der Waals surface area contributed by atoms with Crippen LogP contribution in [0.15, 0.2) is 22.7 Å². The van der Waals surface area contributed by atoms with E-state index in [4.69, 9.17) is 4.52 Å². The van der Waals surface area contributed by atoms with Gasteiger partial charge in [-0.05, 0) is 44.4 Å². The van der Waals surface area contributed by atoms with E-state index < -0.39 is 0 Å². The van der Waals surface area contributed by atoms with E-state index in [-0.39, 0.29) is 17.8 Å². The summed E-state index contributed by atoms with van der Waals surface area (Å²) in [7, 11) is 0. The van der Waals surface area contributed by atoms with Gasteiger partial charge in [-0.1, -0.05) is 12.1 Å². The fourth-order valence-electron chi connectivity index (χ4n) is 3.53. The van der Waals surface area contributed by atoms with Crippen molar-refractivity contribution in [1.82, 2.24) is 20.0 Å². The van der Waals surface area contributed by atoms with Gasteiger partial charge in [-0.15, -0.1) is 0 Å². The molecule has 1 saturated heterocycles. The highest BCUT2D eigenvalue weighted by molar-refractivity contribution is 5.96. The lowest BCUT2D eigenvalue weighted by Crippen LogP contribution is -2.32. The molecule has 0 spiro atoms. The molecular weight excluding hydrogens is 323 g/mol. The number of carbonyl (C=O) groups excluding carboxylic acids is 1. The third-order valence-corrected chi connectivity index (χ3v) is 4.77. The molecule has 7 heteroatoms. The van der Waals surface area contributed by atoms with Crippen LogP contribution in [-0.2, 0) is 6.42 Å². The lowest BCUT2D eigenvalue weighted by molar-refractivity contribution is 0.0728. The SMILES string of the molecule is CCc1noc(C)c1C(=O)N1CCC[C@@H]1c1nc2ccc(F)cc2[nH]1. The maximum Gasteiger partial charge on any atom is 0.260 e. The van der Waals surface area contributed by atoms with Gasteiger partial charge in [-0.25, -0.2) is 9.37 Å². The van der Waals surface area contributed by atoms with Crippen molar-refractivity contribution in [3.05, 3.63) is 46.9 Å². The first kappa shape index (κ1) is 15.8. The number of aryl methyl sites for hydroxylation is 2. The summed E-state index contributed by atoms with van der Waals surface area (Å²) in [5.41, 5.74) is 2.58. The molecule has 1 N–H and O–H groups in total. The maximum atomic E-state index is 13.4. The summed E-state index contributed by atoms with van der Waals surface area (Å²) in [6.07, 6.45) is 2.36. The Labute approximate surface area is 144 Å². The molecule has 3 aromatic rings. The van der Waals surface area contributed by atoms with Crippen molar-refractivity contribution in [2.45, 2.75) is 39.2 Å². The van der Waals surface area contributed by atoms with E-state index >= 15 is 0 Å². The molecule has 0 unspecified atom stereocenters. The van der Waals surface area contributed by atoms with Crippen LogP contribution in [0.5, 0.6) is 0 Å². The van der Waals surface area contributed by atoms with Crippen LogP contribution in [0.3, 0.4) is 0 Å². The maximum absolute atomic E-state index is 13.4. The predicted octanol–water partition coefficient (Wildman–Crippen LogP) is 3.54. The lowest BCUT2D eigenvalue weighted by atomic mass is 10.1. The number of H-pyrrole nitrogens is 1. The number of hydrogen-bond acceptors (Lipinski definition) is 4. The number of aromatic amines is 1. The predicted molar refractivity (Wildman–Crippen MR) is 89.7 cm³/mol. The van der Waals surface area contributed by atoms with Crippen molar-refractivity contribution in [1.29, 1.82) is 0 Å². The smallest absolute Gasteiger partial charge is 0.260 e. The van der Waals surface area contributed by atoms with Gasteiger partial charge < -0.3 is 14.4 Å². The largest absolute Gasteiger partial charge is 0.361 e. The van der Waals surface area contributed by atoms with Crippen molar-refractivity contribution in [3.63, 3.8) is 0 Å². The Morgan fingerprint density at radius 3 is 3.12 bits per heavy atom. The molecule has 6 nitrogen and oxygen atoms in total. The molecule has 1 aliphatic heterocycles. The Balaban J connectivity index is 1.69. The molecule has 1 aromatic carbocycles. The van der Waals surface area contributed by atoms with E-state index in [9.17, 15) is 9.18 Å². The first-order valence-corrected chi connectivity index (χ1v) is 8.49. The van der Waals surface area contributed by atoms with Crippen LogP contribution in [0.2, 0.25) is 0 Å². The molecule has 0 radical (unpaired) electrons. The summed E-state index contributed by atoms with van der Waals surface area (Å²) >= 11 is 0. The Bertz CT molecular complexity index is 946. The zero-order valence-corrected chi connectivity index (χ0v) is 14.2. The highest BCUT2D eigenvalue weighted by atomic mass is 19.1. The number of likely N-dealkylation sites (tertiary alicyclic amines) is 1. The van der Waals surface area contributed by atoms with E-state index in [0.717, 1.165) is 12.8 Å². The topological polar surface area (TPSA) is 75.0 Å². The van der Waals surface area contributed by atoms with Gasteiger partial charge in [0.2, 0.25) is 0 Å². The van der Waals surface area contributed by atoms with E-state index in [1.807, 2.05) is 11.8 Å². The van der Waals surface area contributed by atoms with Crippen molar-refractivity contribution in [3.8, 4) is 0 Å². The zero-order valence-electron chi connectivity index (χ0n) is 14.2. The van der Waals surface area contributed by atoms with Gasteiger partial charge in [0, 0.05) is 6.54 Å². The van der Waals surface area contributed by atoms with E-state index in [1.54, 1.807) is 13.0 Å². The van der Waals surface area contributed by atoms with E-state index in [0.29, 0.717) is 46.8 Å². The van der Waals surface area contributed by atoms with Gasteiger partial charge in [0.1, 0.15) is 23.0 Å². The fourth-order valence-corrected chi connectivity index (χ4v) is 3.53. The Kier molecular flexibility index (Phi) is 3.78. The molecule has 1 amide bonds. The minimum atomic E-state index is -0.310. The normalized spacial score (nSPS) is 17.6. The van der Waals surface area contributed by atoms with E-state index in [1.165, 1.54) is 12.1 Å². The standard InChI is InChI=1S/C18H19FN4O2/c1-3-12-16(10(2)25-22-12)18(24)23-8-4-5-15(23)17-20-13-7-6-11(19)9-14(13)21-17/h6-7,9,15H,3-5,8H2,1-2H3,(H,20,21)/t15-/m1/s1. The third kappa shape index (κ3) is 2.59. The molecule has 0 bridgehead atoms. The number of imidazole rings is 1. The summed E-state index contributed by atoms with van der Waals surface area (Å²) in [6.45, 7) is 4.36. The van der Waals surface area contributed by atoms with Crippen LogP contribution in [0.4, 0.5) is 4.39 Å². The summed E-state index contributed by atoms with van der Waals surface area (Å²) in [4.78, 5) is 22.6. The van der Waals surface area contributed by atoms with Gasteiger partial charge >= 0.3 is 0 Å². The number of nitrogens with zero attached hydrogens (tertiary/aromatic N) is 3. The Morgan fingerprint density at radius 1 is 1.48 bits per heavy atom. The summed E-state index contributed by atoms with van der Waals surface area (Å²) in [6, 6.07) is 4.30. The minimum absolute atomic E-state index is 0.0789. The quantitative estimate of drug-likeness (QED) is 0.790. The molecule has 25 heavy (non-hydrogen) atoms. The average Bonchev–Trinajstić information content (AvgIpc) is 3.30. The number of aromatic nitrogens is 3. The molecule has 1 fully saturated rings. The molecule has 2 aromatic heterocycles. The molecule has 1 aliphatic rings. The summed E-state index contributed by atoms with van der Waals surface area (Å²) < 4.78 is 18.6. The van der Waals surface area contributed by atoms with Gasteiger partial charge in [-0.2, -0.15) is 0 Å². The molecular formula is C18H19FN4O2. The number of rotatable bonds is 3. The van der Waals surface area contributed by atoms with Gasteiger partial charge in [0.25, 0.3) is 5.91 Å². The van der Waals surface area contributed by atoms with Crippen LogP contribution in [0.1, 0.15) is 53.4 Å². The van der Waals surface area contributed by atoms with Crippen molar-refractivity contribution >= 4 is 16.9 Å². The van der Waals surface area contributed by atoms with Gasteiger partial charge in [-0.3, -0.25) is 4.79 Å². The number of amides is 1. The number of halogens is 1. The van der Waals surface area contributed by atoms with Crippen molar-refractivity contribution in [2.24, 2.45) is 0 Å². The summed E-state index contributed by atoms with van der Waals surface area (Å²) in [5.74, 6) is 0.845. The second-order valence-corrected chi connectivity index (χ2v) is 6.35. The lowest BCUT2D eigenvalue weighted by Gasteiger charge is -2.23. The highest BCUT2D eigenvalue weighted by Crippen LogP contribution is 2.33. The van der Waals surface area contributed by atoms with Crippen LogP contribution >= 0.6 is 0 Å². The number of fused-ring (bicyclic) bond motifs is 1. The van der Waals surface area contributed by atoms with Crippen LogP contribution in [0.25, 0.3) is 11.0 Å². The summed E-state index contributed by atoms with van der Waals surface area (Å²) in [5, 5.41) is 3.98. The van der Waals surface area contributed by atoms with Crippen molar-refractivity contribution in [2.75, 3.05) is 6.54 Å². The zero-order chi connectivity index (χ0) is 17.6. The Morgan fingerprint density at radius 2 is 2.32 bits per heavy atom. The molecule has 0 aliphatic carbocycles. The third-order valence-electron chi connectivity index (χ3n) is 4.77. The number of benzene rings is 1. The van der Waals surface area contributed by atoms with E-state index in [2.05, 4.69) is 15.1 Å². The molecule has 4 rings (SSSR count). The van der Waals surface area contributed by atoms with Crippen molar-refractivity contribution < 1.29 is 13.7 Å². The van der Waals surface area contributed by atoms with Crippen LogP contribution in [0, 0.1) is 12.7 Å². The first-order chi connectivity index (χ1) is 12.1. The molecule has 0 saturated carbocycles. The minimum Gasteiger partial charge on any atom is -0.361 e. The van der Waals surface area contributed by atoms with Crippen LogP contribution < -0.4 is 0 Å². The highest BCUT2D eigenvalue weighted by Gasteiger charge is 2.35. The molecule has 1 atom stereocenters. The number of carbonyl (C=O) groups is 1. The number of hydrogen-bond donors (Lipinski definition) is 1. The first-order valence-electron chi connectivity index (χ1n) is 8.49. The second kappa shape index (κ2) is 5.98. The van der Waals surface area contributed by atoms with Crippen LogP contribution in [-0.4, -0.2) is 32.5 Å². The fraction of sp³-hybridized carbons (Fsp3) is 0.389. The Hall–Kier alpha value is -2.70. The monoisotopic (exact) mass is 342 g/mol. The number of nitrogens with one attached hydrogen (secondary N) is 1. The second-order valence-electron chi connectivity index (χ2n) is 6.35. The molecule has 130 valence electrons. The van der Waals surface area contributed by atoms with Gasteiger partial charge in [0.05, 0.1) is 22.8 Å². The van der Waals surface area contributed by atoms with Gasteiger partial charge in [0.15, 0.2) is 0 Å². The average molecular weight is 342 g/mol. The molecule has 3 heterocycles.